The molecule has 1 aromatic rings. The Bertz CT molecular complexity index is 470. The monoisotopic (exact) mass is 264 g/mol. The van der Waals surface area contributed by atoms with Gasteiger partial charge in [-0.2, -0.15) is 5.10 Å². The van der Waals surface area contributed by atoms with Crippen LogP contribution in [0.1, 0.15) is 34.6 Å². The predicted octanol–water partition coefficient (Wildman–Crippen LogP) is 1.20. The predicted molar refractivity (Wildman–Crippen MR) is 75.3 cm³/mol. The van der Waals surface area contributed by atoms with E-state index in [2.05, 4.69) is 24.1 Å². The molecule has 1 aliphatic heterocycles. The number of carbonyl (C=O) groups excluding carboxylic acids is 1. The van der Waals surface area contributed by atoms with E-state index in [1.807, 2.05) is 25.8 Å². The van der Waals surface area contributed by atoms with E-state index in [0.717, 1.165) is 42.9 Å². The molecule has 2 rings (SSSR count). The van der Waals surface area contributed by atoms with Crippen LogP contribution in [0.3, 0.4) is 0 Å². The lowest BCUT2D eigenvalue weighted by Crippen LogP contribution is -2.44. The highest BCUT2D eigenvalue weighted by atomic mass is 16.2. The molecular weight excluding hydrogens is 240 g/mol. The fourth-order valence-electron chi connectivity index (χ4n) is 2.83. The van der Waals surface area contributed by atoms with Crippen LogP contribution in [0.15, 0.2) is 0 Å². The minimum atomic E-state index is 0.139. The van der Waals surface area contributed by atoms with Crippen LogP contribution in [-0.4, -0.2) is 58.7 Å². The molecule has 2 heterocycles. The standard InChI is InChI=1S/C14H24N4O/c1-10-13(11(2)17(5)15-10)14(19)18-8-6-12(7-9-18)16(3)4/h12H,6-9H2,1-5H3. The molecule has 0 spiro atoms. The Morgan fingerprint density at radius 1 is 1.26 bits per heavy atom. The van der Waals surface area contributed by atoms with Crippen LogP contribution in [0.4, 0.5) is 0 Å². The molecule has 0 unspecified atom stereocenters. The van der Waals surface area contributed by atoms with Crippen molar-refractivity contribution >= 4 is 5.91 Å². The zero-order valence-corrected chi connectivity index (χ0v) is 12.6. The number of likely N-dealkylation sites (tertiary alicyclic amines) is 1. The number of aromatic nitrogens is 2. The van der Waals surface area contributed by atoms with E-state index < -0.39 is 0 Å². The van der Waals surface area contributed by atoms with Crippen LogP contribution in [-0.2, 0) is 7.05 Å². The molecule has 0 N–H and O–H groups in total. The molecule has 0 bridgehead atoms. The van der Waals surface area contributed by atoms with E-state index in [4.69, 9.17) is 0 Å². The third-order valence-electron chi connectivity index (χ3n) is 4.20. The molecule has 0 atom stereocenters. The van der Waals surface area contributed by atoms with E-state index in [1.165, 1.54) is 0 Å². The zero-order valence-electron chi connectivity index (χ0n) is 12.6. The average Bonchev–Trinajstić information content (AvgIpc) is 2.62. The number of amides is 1. The van der Waals surface area contributed by atoms with Gasteiger partial charge in [-0.25, -0.2) is 0 Å². The van der Waals surface area contributed by atoms with Crippen LogP contribution >= 0.6 is 0 Å². The number of aryl methyl sites for hydroxylation is 2. The number of piperidine rings is 1. The summed E-state index contributed by atoms with van der Waals surface area (Å²) in [5.41, 5.74) is 2.57. The summed E-state index contributed by atoms with van der Waals surface area (Å²) in [6.45, 7) is 5.55. The SMILES string of the molecule is Cc1nn(C)c(C)c1C(=O)N1CCC(N(C)C)CC1. The van der Waals surface area contributed by atoms with Gasteiger partial charge >= 0.3 is 0 Å². The first-order chi connectivity index (χ1) is 8.91. The number of hydrogen-bond acceptors (Lipinski definition) is 3. The van der Waals surface area contributed by atoms with Crippen molar-refractivity contribution in [3.05, 3.63) is 17.0 Å². The lowest BCUT2D eigenvalue weighted by molar-refractivity contribution is 0.0662. The van der Waals surface area contributed by atoms with Crippen molar-refractivity contribution in [1.82, 2.24) is 19.6 Å². The summed E-state index contributed by atoms with van der Waals surface area (Å²) in [5.74, 6) is 0.139. The normalized spacial score (nSPS) is 17.3. The molecule has 5 nitrogen and oxygen atoms in total. The lowest BCUT2D eigenvalue weighted by atomic mass is 10.0. The Labute approximate surface area is 115 Å². The minimum absolute atomic E-state index is 0.139. The van der Waals surface area contributed by atoms with Gasteiger partial charge < -0.3 is 9.80 Å². The van der Waals surface area contributed by atoms with Crippen LogP contribution in [0.2, 0.25) is 0 Å². The second-order valence-corrected chi connectivity index (χ2v) is 5.66. The van der Waals surface area contributed by atoms with Gasteiger partial charge in [0, 0.05) is 31.9 Å². The summed E-state index contributed by atoms with van der Waals surface area (Å²) in [7, 11) is 6.10. The second-order valence-electron chi connectivity index (χ2n) is 5.66. The highest BCUT2D eigenvalue weighted by Crippen LogP contribution is 2.20. The van der Waals surface area contributed by atoms with Gasteiger partial charge in [0.1, 0.15) is 0 Å². The summed E-state index contributed by atoms with van der Waals surface area (Å²) < 4.78 is 1.79. The van der Waals surface area contributed by atoms with Crippen LogP contribution in [0.5, 0.6) is 0 Å². The third kappa shape index (κ3) is 2.66. The first-order valence-electron chi connectivity index (χ1n) is 6.87. The Kier molecular flexibility index (Phi) is 3.94. The van der Waals surface area contributed by atoms with Gasteiger partial charge in [0.25, 0.3) is 5.91 Å². The molecule has 1 amide bonds. The Balaban J connectivity index is 2.10. The molecule has 0 saturated carbocycles. The van der Waals surface area contributed by atoms with Crippen molar-refractivity contribution in [1.29, 1.82) is 0 Å². The largest absolute Gasteiger partial charge is 0.338 e. The van der Waals surface area contributed by atoms with Crippen molar-refractivity contribution in [2.24, 2.45) is 7.05 Å². The van der Waals surface area contributed by atoms with Gasteiger partial charge in [0.2, 0.25) is 0 Å². The third-order valence-corrected chi connectivity index (χ3v) is 4.20. The van der Waals surface area contributed by atoms with Gasteiger partial charge in [-0.05, 0) is 40.8 Å². The molecule has 1 aromatic heterocycles. The van der Waals surface area contributed by atoms with Gasteiger partial charge in [0.05, 0.1) is 11.3 Å². The smallest absolute Gasteiger partial charge is 0.257 e. The second kappa shape index (κ2) is 5.33. The Morgan fingerprint density at radius 2 is 1.84 bits per heavy atom. The van der Waals surface area contributed by atoms with Crippen molar-refractivity contribution in [3.63, 3.8) is 0 Å². The van der Waals surface area contributed by atoms with Crippen LogP contribution in [0, 0.1) is 13.8 Å². The minimum Gasteiger partial charge on any atom is -0.338 e. The summed E-state index contributed by atoms with van der Waals surface area (Å²) in [4.78, 5) is 16.8. The molecule has 0 radical (unpaired) electrons. The maximum atomic E-state index is 12.6. The van der Waals surface area contributed by atoms with Gasteiger partial charge in [-0.15, -0.1) is 0 Å². The van der Waals surface area contributed by atoms with Gasteiger partial charge in [-0.3, -0.25) is 9.48 Å². The number of hydrogen-bond donors (Lipinski definition) is 0. The van der Waals surface area contributed by atoms with E-state index in [0.29, 0.717) is 6.04 Å². The average molecular weight is 264 g/mol. The van der Waals surface area contributed by atoms with E-state index in [9.17, 15) is 4.79 Å². The molecule has 0 aromatic carbocycles. The Hall–Kier alpha value is -1.36. The molecule has 19 heavy (non-hydrogen) atoms. The molecule has 1 aliphatic rings. The van der Waals surface area contributed by atoms with Crippen molar-refractivity contribution in [2.75, 3.05) is 27.2 Å². The summed E-state index contributed by atoms with van der Waals surface area (Å²) in [5, 5.41) is 4.33. The van der Waals surface area contributed by atoms with Crippen LogP contribution < -0.4 is 0 Å². The Morgan fingerprint density at radius 3 is 2.26 bits per heavy atom. The summed E-state index contributed by atoms with van der Waals surface area (Å²) in [6.07, 6.45) is 2.11. The topological polar surface area (TPSA) is 41.4 Å². The van der Waals surface area contributed by atoms with Gasteiger partial charge in [0.15, 0.2) is 0 Å². The summed E-state index contributed by atoms with van der Waals surface area (Å²) >= 11 is 0. The molecule has 1 fully saturated rings. The number of carbonyl (C=O) groups is 1. The van der Waals surface area contributed by atoms with Crippen molar-refractivity contribution < 1.29 is 4.79 Å². The van der Waals surface area contributed by atoms with Crippen LogP contribution in [0.25, 0.3) is 0 Å². The fourth-order valence-corrected chi connectivity index (χ4v) is 2.83. The highest BCUT2D eigenvalue weighted by Gasteiger charge is 2.27. The zero-order chi connectivity index (χ0) is 14.2. The molecule has 0 aliphatic carbocycles. The molecular formula is C14H24N4O. The summed E-state index contributed by atoms with van der Waals surface area (Å²) in [6, 6.07) is 0.597. The lowest BCUT2D eigenvalue weighted by Gasteiger charge is -2.35. The molecule has 5 heteroatoms. The van der Waals surface area contributed by atoms with E-state index >= 15 is 0 Å². The maximum Gasteiger partial charge on any atom is 0.257 e. The van der Waals surface area contributed by atoms with E-state index in [-0.39, 0.29) is 5.91 Å². The van der Waals surface area contributed by atoms with Gasteiger partial charge in [-0.1, -0.05) is 0 Å². The highest BCUT2D eigenvalue weighted by molar-refractivity contribution is 5.96. The fraction of sp³-hybridized carbons (Fsp3) is 0.714. The molecule has 1 saturated heterocycles. The number of rotatable bonds is 2. The van der Waals surface area contributed by atoms with Crippen molar-refractivity contribution in [3.8, 4) is 0 Å². The first-order valence-corrected chi connectivity index (χ1v) is 6.87. The maximum absolute atomic E-state index is 12.6. The number of nitrogens with zero attached hydrogens (tertiary/aromatic N) is 4. The molecule has 106 valence electrons. The van der Waals surface area contributed by atoms with Crippen molar-refractivity contribution in [2.45, 2.75) is 32.7 Å². The quantitative estimate of drug-likeness (QED) is 0.806. The van der Waals surface area contributed by atoms with E-state index in [1.54, 1.807) is 4.68 Å². The first kappa shape index (κ1) is 14.1.